The molecule has 0 aliphatic carbocycles. The van der Waals surface area contributed by atoms with Crippen LogP contribution in [0.2, 0.25) is 0 Å². The zero-order chi connectivity index (χ0) is 24.7. The van der Waals surface area contributed by atoms with Crippen molar-refractivity contribution >= 4 is 27.9 Å². The first-order valence-electron chi connectivity index (χ1n) is 11.4. The van der Waals surface area contributed by atoms with E-state index < -0.39 is 11.9 Å². The van der Waals surface area contributed by atoms with E-state index in [-0.39, 0.29) is 17.5 Å². The monoisotopic (exact) mass is 478 g/mol. The van der Waals surface area contributed by atoms with Gasteiger partial charge >= 0.3 is 6.09 Å². The van der Waals surface area contributed by atoms with Crippen molar-refractivity contribution in [1.29, 1.82) is 0 Å². The van der Waals surface area contributed by atoms with Gasteiger partial charge < -0.3 is 29.0 Å². The topological polar surface area (TPSA) is 79.9 Å². The van der Waals surface area contributed by atoms with Crippen LogP contribution in [0.5, 0.6) is 23.0 Å². The predicted molar refractivity (Wildman–Crippen MR) is 131 cm³/mol. The van der Waals surface area contributed by atoms with Gasteiger partial charge in [-0.1, -0.05) is 0 Å². The van der Waals surface area contributed by atoms with E-state index in [1.807, 2.05) is 20.9 Å². The Morgan fingerprint density at radius 2 is 1.91 bits per heavy atom. The van der Waals surface area contributed by atoms with Gasteiger partial charge in [-0.15, -0.1) is 0 Å². The molecule has 2 aromatic carbocycles. The number of aryl methyl sites for hydroxylation is 1. The number of pyridine rings is 1. The Bertz CT molecular complexity index is 1420. The predicted octanol–water partition coefficient (Wildman–Crippen LogP) is 5.10. The molecule has 1 fully saturated rings. The van der Waals surface area contributed by atoms with Crippen molar-refractivity contribution in [3.63, 3.8) is 0 Å². The van der Waals surface area contributed by atoms with Crippen LogP contribution in [0.25, 0.3) is 21.8 Å². The summed E-state index contributed by atoms with van der Waals surface area (Å²) in [6.45, 7) is 5.97. The molecule has 0 saturated carbocycles. The first-order valence-corrected chi connectivity index (χ1v) is 11.4. The highest BCUT2D eigenvalue weighted by Gasteiger charge is 2.28. The molecule has 1 atom stereocenters. The molecule has 2 aromatic heterocycles. The summed E-state index contributed by atoms with van der Waals surface area (Å²) in [7, 11) is 3.53. The van der Waals surface area contributed by atoms with Crippen LogP contribution in [0.3, 0.4) is 0 Å². The van der Waals surface area contributed by atoms with Crippen molar-refractivity contribution in [2.75, 3.05) is 33.8 Å². The average Bonchev–Trinajstić information content (AvgIpc) is 3.22. The van der Waals surface area contributed by atoms with Gasteiger partial charge in [0.1, 0.15) is 5.75 Å². The van der Waals surface area contributed by atoms with Crippen molar-refractivity contribution in [2.24, 2.45) is 0 Å². The summed E-state index contributed by atoms with van der Waals surface area (Å²) < 4.78 is 32.4. The van der Waals surface area contributed by atoms with Crippen LogP contribution in [0.4, 0.5) is 9.18 Å². The van der Waals surface area contributed by atoms with E-state index in [2.05, 4.69) is 14.9 Å². The molecule has 5 rings (SSSR count). The molecule has 0 bridgehead atoms. The fourth-order valence-corrected chi connectivity index (χ4v) is 4.51. The number of halogens is 1. The number of methoxy groups -OCH3 is 1. The van der Waals surface area contributed by atoms with E-state index in [9.17, 15) is 4.79 Å². The van der Waals surface area contributed by atoms with E-state index >= 15 is 4.39 Å². The largest absolute Gasteiger partial charge is 0.493 e. The third-order valence-corrected chi connectivity index (χ3v) is 6.31. The lowest BCUT2D eigenvalue weighted by Gasteiger charge is -2.37. The van der Waals surface area contributed by atoms with Crippen molar-refractivity contribution in [1.82, 2.24) is 19.8 Å². The number of nitrogens with one attached hydrogen (secondary N) is 1. The zero-order valence-electron chi connectivity index (χ0n) is 20.1. The Morgan fingerprint density at radius 1 is 1.09 bits per heavy atom. The number of amides is 1. The number of aromatic amines is 1. The molecule has 0 spiro atoms. The van der Waals surface area contributed by atoms with E-state index in [0.29, 0.717) is 39.8 Å². The summed E-state index contributed by atoms with van der Waals surface area (Å²) in [5, 5.41) is 1.02. The number of aromatic nitrogens is 2. The van der Waals surface area contributed by atoms with Gasteiger partial charge in [-0.2, -0.15) is 0 Å². The summed E-state index contributed by atoms with van der Waals surface area (Å²) >= 11 is 0. The first kappa shape index (κ1) is 22.9. The number of carbonyl (C=O) groups is 1. The number of ether oxygens (including phenoxy) is 3. The Morgan fingerprint density at radius 3 is 2.69 bits per heavy atom. The summed E-state index contributed by atoms with van der Waals surface area (Å²) in [5.41, 5.74) is 2.12. The maximum Gasteiger partial charge on any atom is 0.415 e. The SMILES string of the molecule is COc1cc2nccc(Oc3ccc4[nH]c(C)cc4c3F)c2cc1OC(=O)N1CCN(C)C[C@@H]1C. The maximum absolute atomic E-state index is 15.1. The Kier molecular flexibility index (Phi) is 5.94. The normalized spacial score (nSPS) is 16.6. The summed E-state index contributed by atoms with van der Waals surface area (Å²) in [6, 6.07) is 10.1. The number of carbonyl (C=O) groups excluding carboxylic acids is 1. The van der Waals surface area contributed by atoms with Gasteiger partial charge in [-0.25, -0.2) is 9.18 Å². The van der Waals surface area contributed by atoms with Crippen LogP contribution < -0.4 is 14.2 Å². The number of likely N-dealkylation sites (N-methyl/N-ethyl adjacent to an activating group) is 1. The van der Waals surface area contributed by atoms with Gasteiger partial charge in [-0.3, -0.25) is 4.98 Å². The smallest absolute Gasteiger partial charge is 0.415 e. The lowest BCUT2D eigenvalue weighted by Crippen LogP contribution is -2.53. The minimum atomic E-state index is -0.457. The molecule has 1 saturated heterocycles. The number of hydrogen-bond donors (Lipinski definition) is 1. The highest BCUT2D eigenvalue weighted by atomic mass is 19.1. The van der Waals surface area contributed by atoms with Crippen LogP contribution in [-0.4, -0.2) is 65.7 Å². The average molecular weight is 479 g/mol. The zero-order valence-corrected chi connectivity index (χ0v) is 20.1. The van der Waals surface area contributed by atoms with Crippen molar-refractivity contribution in [3.8, 4) is 23.0 Å². The number of fused-ring (bicyclic) bond motifs is 2. The fraction of sp³-hybridized carbons (Fsp3) is 0.308. The van der Waals surface area contributed by atoms with Crippen LogP contribution in [-0.2, 0) is 0 Å². The van der Waals surface area contributed by atoms with Crippen molar-refractivity contribution in [3.05, 3.63) is 54.1 Å². The molecule has 9 heteroatoms. The van der Waals surface area contributed by atoms with Crippen molar-refractivity contribution < 1.29 is 23.4 Å². The van der Waals surface area contributed by atoms with Crippen LogP contribution >= 0.6 is 0 Å². The molecule has 0 unspecified atom stereocenters. The molecular formula is C26H27FN4O4. The van der Waals surface area contributed by atoms with Gasteiger partial charge in [0, 0.05) is 59.9 Å². The molecule has 1 N–H and O–H groups in total. The number of rotatable bonds is 4. The molecule has 35 heavy (non-hydrogen) atoms. The van der Waals surface area contributed by atoms with E-state index in [1.54, 1.807) is 47.5 Å². The molecule has 182 valence electrons. The second kappa shape index (κ2) is 9.07. The maximum atomic E-state index is 15.1. The molecule has 1 aliphatic heterocycles. The highest BCUT2D eigenvalue weighted by molar-refractivity contribution is 5.89. The Labute approximate surface area is 202 Å². The lowest BCUT2D eigenvalue weighted by molar-refractivity contribution is 0.0886. The Balaban J connectivity index is 1.49. The number of hydrogen-bond acceptors (Lipinski definition) is 6. The van der Waals surface area contributed by atoms with Crippen LogP contribution in [0.1, 0.15) is 12.6 Å². The molecular weight excluding hydrogens is 451 g/mol. The standard InChI is InChI=1S/C26H27FN4O4/c1-15-11-18-19(29-15)5-6-22(25(18)27)34-21-7-8-28-20-13-23(33-4)24(12-17(20)21)35-26(32)31-10-9-30(3)14-16(31)2/h5-8,11-13,16,29H,9-10,14H2,1-4H3/t16-/m0/s1. The summed E-state index contributed by atoms with van der Waals surface area (Å²) in [6.07, 6.45) is 1.12. The quantitative estimate of drug-likeness (QED) is 0.440. The van der Waals surface area contributed by atoms with E-state index in [0.717, 1.165) is 18.8 Å². The number of benzene rings is 2. The molecule has 0 radical (unpaired) electrons. The van der Waals surface area contributed by atoms with Gasteiger partial charge in [0.15, 0.2) is 23.1 Å². The molecule has 1 aliphatic rings. The number of H-pyrrole nitrogens is 1. The molecule has 3 heterocycles. The first-order chi connectivity index (χ1) is 16.8. The molecule has 8 nitrogen and oxygen atoms in total. The van der Waals surface area contributed by atoms with E-state index in [1.165, 1.54) is 7.11 Å². The fourth-order valence-electron chi connectivity index (χ4n) is 4.51. The second-order valence-electron chi connectivity index (χ2n) is 8.90. The van der Waals surface area contributed by atoms with Crippen LogP contribution in [0.15, 0.2) is 42.6 Å². The lowest BCUT2D eigenvalue weighted by atomic mass is 10.1. The van der Waals surface area contributed by atoms with E-state index in [4.69, 9.17) is 14.2 Å². The number of piperazine rings is 1. The van der Waals surface area contributed by atoms with Gasteiger partial charge in [0.05, 0.1) is 12.6 Å². The van der Waals surface area contributed by atoms with Gasteiger partial charge in [-0.05, 0) is 51.2 Å². The Hall–Kier alpha value is -3.85. The van der Waals surface area contributed by atoms with Gasteiger partial charge in [0.2, 0.25) is 0 Å². The highest BCUT2D eigenvalue weighted by Crippen LogP contribution is 2.38. The number of nitrogens with zero attached hydrogens (tertiary/aromatic N) is 3. The van der Waals surface area contributed by atoms with Crippen LogP contribution in [0, 0.1) is 12.7 Å². The minimum Gasteiger partial charge on any atom is -0.493 e. The summed E-state index contributed by atoms with van der Waals surface area (Å²) in [5.74, 6) is 0.623. The second-order valence-corrected chi connectivity index (χ2v) is 8.90. The van der Waals surface area contributed by atoms with Crippen molar-refractivity contribution in [2.45, 2.75) is 19.9 Å². The molecule has 4 aromatic rings. The molecule has 1 amide bonds. The van der Waals surface area contributed by atoms with Gasteiger partial charge in [0.25, 0.3) is 0 Å². The third kappa shape index (κ3) is 4.35. The summed E-state index contributed by atoms with van der Waals surface area (Å²) in [4.78, 5) is 24.3. The third-order valence-electron chi connectivity index (χ3n) is 6.31. The minimum absolute atomic E-state index is 0.0169.